The van der Waals surface area contributed by atoms with E-state index < -0.39 is 5.67 Å². The maximum Gasteiger partial charge on any atom is 0.253 e. The Kier molecular flexibility index (Phi) is 6.52. The van der Waals surface area contributed by atoms with E-state index in [9.17, 15) is 4.79 Å². The molecule has 2 heterocycles. The van der Waals surface area contributed by atoms with Crippen LogP contribution in [0.3, 0.4) is 0 Å². The van der Waals surface area contributed by atoms with Crippen molar-refractivity contribution in [2.75, 3.05) is 38.6 Å². The molecule has 0 atom stereocenters. The monoisotopic (exact) mass is 404 g/mol. The minimum atomic E-state index is -1.32. The molecule has 0 bridgehead atoms. The average Bonchev–Trinajstić information content (AvgIpc) is 2.68. The third-order valence-electron chi connectivity index (χ3n) is 5.02. The van der Waals surface area contributed by atoms with Gasteiger partial charge < -0.3 is 15.1 Å². The molecule has 1 aromatic carbocycles. The number of carbonyl (C=O) groups is 1. The Morgan fingerprint density at radius 3 is 2.64 bits per heavy atom. The highest BCUT2D eigenvalue weighted by atomic mass is 35.5. The summed E-state index contributed by atoms with van der Waals surface area (Å²) in [5.41, 5.74) is 0.108. The smallest absolute Gasteiger partial charge is 0.253 e. The molecule has 3 rings (SSSR count). The summed E-state index contributed by atoms with van der Waals surface area (Å²) in [7, 11) is 3.88. The number of alkyl halides is 1. The van der Waals surface area contributed by atoms with Crippen LogP contribution in [0.2, 0.25) is 5.02 Å². The van der Waals surface area contributed by atoms with E-state index in [1.54, 1.807) is 29.2 Å². The van der Waals surface area contributed by atoms with Crippen LogP contribution in [0.4, 0.5) is 10.2 Å². The molecule has 150 valence electrons. The molecule has 1 aliphatic rings. The van der Waals surface area contributed by atoms with Crippen LogP contribution in [0.25, 0.3) is 0 Å². The molecule has 1 N–H and O–H groups in total. The highest BCUT2D eigenvalue weighted by molar-refractivity contribution is 6.30. The topological polar surface area (TPSA) is 48.5 Å². The van der Waals surface area contributed by atoms with Gasteiger partial charge in [0.15, 0.2) is 0 Å². The van der Waals surface area contributed by atoms with Crippen molar-refractivity contribution < 1.29 is 9.18 Å². The summed E-state index contributed by atoms with van der Waals surface area (Å²) < 4.78 is 15.1. The first kappa shape index (κ1) is 20.6. The van der Waals surface area contributed by atoms with E-state index in [2.05, 4.69) is 10.3 Å². The second kappa shape index (κ2) is 8.88. The van der Waals surface area contributed by atoms with Gasteiger partial charge in [0.1, 0.15) is 11.5 Å². The summed E-state index contributed by atoms with van der Waals surface area (Å²) in [6.45, 7) is 1.56. The van der Waals surface area contributed by atoms with Gasteiger partial charge in [-0.05, 0) is 30.3 Å². The Hall–Kier alpha value is -2.18. The molecule has 0 saturated carbocycles. The fourth-order valence-corrected chi connectivity index (χ4v) is 3.51. The second-order valence-corrected chi connectivity index (χ2v) is 7.87. The van der Waals surface area contributed by atoms with Crippen LogP contribution >= 0.6 is 11.6 Å². The number of nitrogens with one attached hydrogen (secondary N) is 1. The van der Waals surface area contributed by atoms with Crippen LogP contribution in [-0.4, -0.2) is 55.2 Å². The van der Waals surface area contributed by atoms with Crippen molar-refractivity contribution in [3.05, 3.63) is 58.7 Å². The van der Waals surface area contributed by atoms with E-state index in [4.69, 9.17) is 11.6 Å². The van der Waals surface area contributed by atoms with Gasteiger partial charge in [-0.25, -0.2) is 9.37 Å². The molecule has 0 spiro atoms. The Labute approximate surface area is 170 Å². The number of benzene rings is 1. The van der Waals surface area contributed by atoms with E-state index in [-0.39, 0.29) is 12.5 Å². The van der Waals surface area contributed by atoms with E-state index in [1.807, 2.05) is 37.2 Å². The zero-order valence-corrected chi connectivity index (χ0v) is 17.0. The highest BCUT2D eigenvalue weighted by Crippen LogP contribution is 2.27. The third-order valence-corrected chi connectivity index (χ3v) is 5.25. The second-order valence-electron chi connectivity index (χ2n) is 7.44. The van der Waals surface area contributed by atoms with Crippen molar-refractivity contribution in [3.63, 3.8) is 0 Å². The summed E-state index contributed by atoms with van der Waals surface area (Å²) in [4.78, 5) is 20.7. The van der Waals surface area contributed by atoms with E-state index in [1.165, 1.54) is 0 Å². The maximum absolute atomic E-state index is 15.1. The predicted octanol–water partition coefficient (Wildman–Crippen LogP) is 3.54. The fourth-order valence-electron chi connectivity index (χ4n) is 3.32. The summed E-state index contributed by atoms with van der Waals surface area (Å²) in [5.74, 6) is 0.782. The summed E-state index contributed by atoms with van der Waals surface area (Å²) in [6, 6.07) is 12.7. The number of hydrogen-bond acceptors (Lipinski definition) is 4. The Bertz CT molecular complexity index is 822. The Morgan fingerprint density at radius 2 is 1.96 bits per heavy atom. The first-order chi connectivity index (χ1) is 13.4. The number of nitrogens with zero attached hydrogens (tertiary/aromatic N) is 3. The van der Waals surface area contributed by atoms with Gasteiger partial charge in [-0.2, -0.15) is 0 Å². The molecule has 1 aliphatic heterocycles. The van der Waals surface area contributed by atoms with Gasteiger partial charge in [0.2, 0.25) is 0 Å². The fraction of sp³-hybridized carbons (Fsp3) is 0.429. The Balaban J connectivity index is 1.49. The van der Waals surface area contributed by atoms with Crippen LogP contribution < -0.4 is 10.2 Å². The molecule has 0 aliphatic carbocycles. The molecule has 1 fully saturated rings. The lowest BCUT2D eigenvalue weighted by atomic mass is 9.92. The van der Waals surface area contributed by atoms with Crippen molar-refractivity contribution in [1.29, 1.82) is 0 Å². The van der Waals surface area contributed by atoms with Gasteiger partial charge >= 0.3 is 0 Å². The molecule has 0 unspecified atom stereocenters. The molecule has 5 nitrogen and oxygen atoms in total. The van der Waals surface area contributed by atoms with E-state index in [0.717, 1.165) is 11.5 Å². The molecular weight excluding hydrogens is 379 g/mol. The first-order valence-electron chi connectivity index (χ1n) is 9.44. The normalized spacial score (nSPS) is 16.1. The lowest BCUT2D eigenvalue weighted by Gasteiger charge is -2.36. The average molecular weight is 405 g/mol. The number of aromatic nitrogens is 1. The number of piperidine rings is 1. The molecule has 7 heteroatoms. The lowest BCUT2D eigenvalue weighted by Crippen LogP contribution is -2.48. The standard InChI is InChI=1S/C21H26ClFN4O/c1-26(2)19-8-4-7-18(25-19)14-24-15-21(23)9-11-27(12-10-21)20(28)16-5-3-6-17(22)13-16/h3-8,13,24H,9-12,14-15H2,1-2H3. The number of amides is 1. The predicted molar refractivity (Wildman–Crippen MR) is 111 cm³/mol. The number of pyridine rings is 1. The number of rotatable bonds is 6. The molecule has 0 radical (unpaired) electrons. The van der Waals surface area contributed by atoms with Crippen LogP contribution in [0.1, 0.15) is 28.9 Å². The van der Waals surface area contributed by atoms with Gasteiger partial charge in [0.25, 0.3) is 5.91 Å². The largest absolute Gasteiger partial charge is 0.363 e. The zero-order chi connectivity index (χ0) is 20.1. The van der Waals surface area contributed by atoms with E-state index in [0.29, 0.717) is 43.1 Å². The quantitative estimate of drug-likeness (QED) is 0.800. The zero-order valence-electron chi connectivity index (χ0n) is 16.3. The van der Waals surface area contributed by atoms with Gasteiger partial charge in [0.05, 0.1) is 5.69 Å². The minimum absolute atomic E-state index is 0.0952. The minimum Gasteiger partial charge on any atom is -0.363 e. The summed E-state index contributed by atoms with van der Waals surface area (Å²) >= 11 is 5.96. The van der Waals surface area contributed by atoms with Crippen molar-refractivity contribution in [1.82, 2.24) is 15.2 Å². The van der Waals surface area contributed by atoms with Crippen LogP contribution in [0, 0.1) is 0 Å². The van der Waals surface area contributed by atoms with Crippen molar-refractivity contribution in [2.24, 2.45) is 0 Å². The SMILES string of the molecule is CN(C)c1cccc(CNCC2(F)CCN(C(=O)c3cccc(Cl)c3)CC2)n1. The number of halogens is 2. The first-order valence-corrected chi connectivity index (χ1v) is 9.82. The molecule has 28 heavy (non-hydrogen) atoms. The van der Waals surface area contributed by atoms with Crippen molar-refractivity contribution in [2.45, 2.75) is 25.1 Å². The molecule has 1 amide bonds. The molecular formula is C21H26ClFN4O. The van der Waals surface area contributed by atoms with Gasteiger partial charge in [-0.15, -0.1) is 0 Å². The van der Waals surface area contributed by atoms with Crippen LogP contribution in [0.5, 0.6) is 0 Å². The number of carbonyl (C=O) groups excluding carboxylic acids is 1. The van der Waals surface area contributed by atoms with Crippen LogP contribution in [-0.2, 0) is 6.54 Å². The number of anilines is 1. The van der Waals surface area contributed by atoms with Crippen molar-refractivity contribution in [3.8, 4) is 0 Å². The maximum atomic E-state index is 15.1. The van der Waals surface area contributed by atoms with Gasteiger partial charge in [0, 0.05) is 63.7 Å². The summed E-state index contributed by atoms with van der Waals surface area (Å²) in [6.07, 6.45) is 0.634. The molecule has 1 aromatic heterocycles. The van der Waals surface area contributed by atoms with Gasteiger partial charge in [-0.3, -0.25) is 4.79 Å². The lowest BCUT2D eigenvalue weighted by molar-refractivity contribution is 0.0434. The highest BCUT2D eigenvalue weighted by Gasteiger charge is 2.35. The molecule has 1 saturated heterocycles. The van der Waals surface area contributed by atoms with Crippen LogP contribution in [0.15, 0.2) is 42.5 Å². The molecule has 2 aromatic rings. The Morgan fingerprint density at radius 1 is 1.25 bits per heavy atom. The van der Waals surface area contributed by atoms with Crippen molar-refractivity contribution >= 4 is 23.3 Å². The summed E-state index contributed by atoms with van der Waals surface area (Å²) in [5, 5.41) is 3.71. The van der Waals surface area contributed by atoms with E-state index >= 15 is 4.39 Å². The number of likely N-dealkylation sites (tertiary alicyclic amines) is 1. The third kappa shape index (κ3) is 5.20. The number of hydrogen-bond donors (Lipinski definition) is 1. The van der Waals surface area contributed by atoms with Gasteiger partial charge in [-0.1, -0.05) is 23.7 Å².